The van der Waals surface area contributed by atoms with Crippen molar-refractivity contribution in [1.29, 1.82) is 0 Å². The standard InChI is InChI=1S/C10H18O2/c1-5-10(4)7-6-8(12-10)9(2,3)11/h5,8,11H,1,6-7H2,2-4H3/t8-,10-/m1/s1. The second-order valence-electron chi connectivity index (χ2n) is 4.32. The minimum absolute atomic E-state index is 0.0551. The molecule has 1 fully saturated rings. The molecule has 0 aromatic carbocycles. The fraction of sp³-hybridized carbons (Fsp3) is 0.800. The van der Waals surface area contributed by atoms with Crippen LogP contribution in [0.2, 0.25) is 0 Å². The van der Waals surface area contributed by atoms with E-state index in [1.165, 1.54) is 0 Å². The van der Waals surface area contributed by atoms with Crippen LogP contribution in [0.25, 0.3) is 0 Å². The lowest BCUT2D eigenvalue weighted by Gasteiger charge is -2.28. The van der Waals surface area contributed by atoms with Crippen LogP contribution in [0.15, 0.2) is 12.7 Å². The van der Waals surface area contributed by atoms with Gasteiger partial charge in [-0.3, -0.25) is 0 Å². The van der Waals surface area contributed by atoms with E-state index in [-0.39, 0.29) is 11.7 Å². The molecule has 0 aromatic rings. The van der Waals surface area contributed by atoms with Crippen LogP contribution in [0.5, 0.6) is 0 Å². The Bertz CT molecular complexity index is 181. The quantitative estimate of drug-likeness (QED) is 0.641. The van der Waals surface area contributed by atoms with Gasteiger partial charge in [0.15, 0.2) is 0 Å². The maximum absolute atomic E-state index is 9.69. The van der Waals surface area contributed by atoms with Crippen LogP contribution in [0.4, 0.5) is 0 Å². The van der Waals surface area contributed by atoms with E-state index in [4.69, 9.17) is 4.74 Å². The first kappa shape index (κ1) is 9.75. The van der Waals surface area contributed by atoms with Gasteiger partial charge in [-0.2, -0.15) is 0 Å². The van der Waals surface area contributed by atoms with E-state index in [2.05, 4.69) is 6.58 Å². The first-order valence-corrected chi connectivity index (χ1v) is 4.41. The Kier molecular flexibility index (Phi) is 2.32. The molecule has 1 aliphatic heterocycles. The number of hydrogen-bond acceptors (Lipinski definition) is 2. The summed E-state index contributed by atoms with van der Waals surface area (Å²) in [7, 11) is 0. The maximum atomic E-state index is 9.69. The van der Waals surface area contributed by atoms with Crippen molar-refractivity contribution in [1.82, 2.24) is 0 Å². The molecule has 2 nitrogen and oxygen atoms in total. The number of aliphatic hydroxyl groups is 1. The Labute approximate surface area is 74.2 Å². The largest absolute Gasteiger partial charge is 0.388 e. The minimum atomic E-state index is -0.735. The summed E-state index contributed by atoms with van der Waals surface area (Å²) >= 11 is 0. The van der Waals surface area contributed by atoms with E-state index in [0.29, 0.717) is 0 Å². The third-order valence-electron chi connectivity index (χ3n) is 2.53. The van der Waals surface area contributed by atoms with Gasteiger partial charge in [-0.1, -0.05) is 6.08 Å². The Balaban J connectivity index is 2.63. The second-order valence-corrected chi connectivity index (χ2v) is 4.32. The normalized spacial score (nSPS) is 36.8. The summed E-state index contributed by atoms with van der Waals surface area (Å²) < 4.78 is 5.69. The van der Waals surface area contributed by atoms with Crippen LogP contribution in [0, 0.1) is 0 Å². The van der Waals surface area contributed by atoms with E-state index >= 15 is 0 Å². The summed E-state index contributed by atoms with van der Waals surface area (Å²) in [5, 5.41) is 9.69. The highest BCUT2D eigenvalue weighted by Gasteiger charge is 2.40. The van der Waals surface area contributed by atoms with E-state index in [1.54, 1.807) is 13.8 Å². The van der Waals surface area contributed by atoms with Gasteiger partial charge in [-0.15, -0.1) is 6.58 Å². The molecule has 0 radical (unpaired) electrons. The Morgan fingerprint density at radius 3 is 2.50 bits per heavy atom. The van der Waals surface area contributed by atoms with Gasteiger partial charge >= 0.3 is 0 Å². The van der Waals surface area contributed by atoms with E-state index < -0.39 is 5.60 Å². The lowest BCUT2D eigenvalue weighted by Crippen LogP contribution is -2.37. The lowest BCUT2D eigenvalue weighted by molar-refractivity contribution is -0.0997. The highest BCUT2D eigenvalue weighted by molar-refractivity contribution is 5.01. The number of rotatable bonds is 2. The Morgan fingerprint density at radius 2 is 2.25 bits per heavy atom. The SMILES string of the molecule is C=C[C@]1(C)CC[C@H](C(C)(C)O)O1. The van der Waals surface area contributed by atoms with Gasteiger partial charge in [-0.05, 0) is 33.6 Å². The van der Waals surface area contributed by atoms with Gasteiger partial charge in [0.05, 0.1) is 17.3 Å². The molecular formula is C10H18O2. The van der Waals surface area contributed by atoms with Crippen molar-refractivity contribution in [2.45, 2.75) is 50.9 Å². The van der Waals surface area contributed by atoms with Crippen molar-refractivity contribution in [3.63, 3.8) is 0 Å². The first-order valence-electron chi connectivity index (χ1n) is 4.41. The molecule has 12 heavy (non-hydrogen) atoms. The molecule has 1 heterocycles. The molecule has 1 aliphatic rings. The molecule has 2 heteroatoms. The predicted molar refractivity (Wildman–Crippen MR) is 49.0 cm³/mol. The molecule has 0 spiro atoms. The molecule has 1 N–H and O–H groups in total. The molecule has 2 atom stereocenters. The van der Waals surface area contributed by atoms with E-state index in [9.17, 15) is 5.11 Å². The molecule has 0 bridgehead atoms. The van der Waals surface area contributed by atoms with Crippen molar-refractivity contribution in [2.75, 3.05) is 0 Å². The second kappa shape index (κ2) is 2.86. The van der Waals surface area contributed by atoms with Crippen LogP contribution >= 0.6 is 0 Å². The van der Waals surface area contributed by atoms with E-state index in [0.717, 1.165) is 12.8 Å². The van der Waals surface area contributed by atoms with Gasteiger partial charge < -0.3 is 9.84 Å². The average Bonchev–Trinajstić information content (AvgIpc) is 2.32. The number of ether oxygens (including phenoxy) is 1. The minimum Gasteiger partial charge on any atom is -0.388 e. The summed E-state index contributed by atoms with van der Waals surface area (Å²) in [4.78, 5) is 0. The van der Waals surface area contributed by atoms with Crippen molar-refractivity contribution in [3.05, 3.63) is 12.7 Å². The van der Waals surface area contributed by atoms with Gasteiger partial charge in [0.1, 0.15) is 0 Å². The smallest absolute Gasteiger partial charge is 0.0869 e. The molecule has 0 aromatic heterocycles. The first-order chi connectivity index (χ1) is 5.37. The third kappa shape index (κ3) is 1.87. The maximum Gasteiger partial charge on any atom is 0.0869 e. The predicted octanol–water partition coefficient (Wildman–Crippen LogP) is 1.88. The molecule has 0 amide bonds. The monoisotopic (exact) mass is 170 g/mol. The summed E-state index contributed by atoms with van der Waals surface area (Å²) in [6.07, 6.45) is 3.62. The Morgan fingerprint density at radius 1 is 1.67 bits per heavy atom. The van der Waals surface area contributed by atoms with Crippen LogP contribution in [0.1, 0.15) is 33.6 Å². The molecule has 1 saturated heterocycles. The summed E-state index contributed by atoms with van der Waals surface area (Å²) in [6, 6.07) is 0. The molecule has 1 rings (SSSR count). The van der Waals surface area contributed by atoms with Crippen LogP contribution < -0.4 is 0 Å². The van der Waals surface area contributed by atoms with Crippen molar-refractivity contribution in [3.8, 4) is 0 Å². The third-order valence-corrected chi connectivity index (χ3v) is 2.53. The van der Waals surface area contributed by atoms with Crippen molar-refractivity contribution >= 4 is 0 Å². The van der Waals surface area contributed by atoms with Gasteiger partial charge in [-0.25, -0.2) is 0 Å². The van der Waals surface area contributed by atoms with Gasteiger partial charge in [0.2, 0.25) is 0 Å². The zero-order valence-corrected chi connectivity index (χ0v) is 8.13. The summed E-state index contributed by atoms with van der Waals surface area (Å²) in [5.74, 6) is 0. The fourth-order valence-electron chi connectivity index (χ4n) is 1.51. The highest BCUT2D eigenvalue weighted by Crippen LogP contribution is 2.35. The lowest BCUT2D eigenvalue weighted by atomic mass is 9.97. The van der Waals surface area contributed by atoms with Crippen LogP contribution in [-0.4, -0.2) is 22.4 Å². The zero-order valence-electron chi connectivity index (χ0n) is 8.13. The van der Waals surface area contributed by atoms with Crippen LogP contribution in [-0.2, 0) is 4.74 Å². The van der Waals surface area contributed by atoms with Gasteiger partial charge in [0.25, 0.3) is 0 Å². The Hall–Kier alpha value is -0.340. The van der Waals surface area contributed by atoms with E-state index in [1.807, 2.05) is 13.0 Å². The fourth-order valence-corrected chi connectivity index (χ4v) is 1.51. The molecule has 0 saturated carbocycles. The molecule has 70 valence electrons. The number of hydrogen-bond donors (Lipinski definition) is 1. The van der Waals surface area contributed by atoms with Crippen molar-refractivity contribution < 1.29 is 9.84 Å². The molecule has 0 aliphatic carbocycles. The topological polar surface area (TPSA) is 29.5 Å². The molecular weight excluding hydrogens is 152 g/mol. The average molecular weight is 170 g/mol. The van der Waals surface area contributed by atoms with Crippen molar-refractivity contribution in [2.24, 2.45) is 0 Å². The summed E-state index contributed by atoms with van der Waals surface area (Å²) in [5.41, 5.74) is -0.967. The highest BCUT2D eigenvalue weighted by atomic mass is 16.5. The molecule has 0 unspecified atom stereocenters. The summed E-state index contributed by atoms with van der Waals surface area (Å²) in [6.45, 7) is 9.30. The van der Waals surface area contributed by atoms with Crippen LogP contribution in [0.3, 0.4) is 0 Å². The van der Waals surface area contributed by atoms with Gasteiger partial charge in [0, 0.05) is 0 Å². The zero-order chi connectivity index (χ0) is 9.41.